The predicted octanol–water partition coefficient (Wildman–Crippen LogP) is -0.406. The van der Waals surface area contributed by atoms with Crippen LogP contribution >= 0.6 is 0 Å². The van der Waals surface area contributed by atoms with Crippen LogP contribution in [-0.4, -0.2) is 18.4 Å². The molecule has 0 aromatic heterocycles. The molecule has 0 aromatic carbocycles. The Morgan fingerprint density at radius 1 is 1.80 bits per heavy atom. The smallest absolute Gasteiger partial charge is 0.285 e. The summed E-state index contributed by atoms with van der Waals surface area (Å²) in [5, 5.41) is 2.18. The first-order valence-corrected chi connectivity index (χ1v) is 2.66. The van der Waals surface area contributed by atoms with E-state index < -0.39 is 18.4 Å². The fourth-order valence-electron chi connectivity index (χ4n) is 0.685. The number of rotatable bonds is 1. The third-order valence-electron chi connectivity index (χ3n) is 1.14. The van der Waals surface area contributed by atoms with E-state index in [2.05, 4.69) is 5.32 Å². The molecule has 0 aromatic rings. The molecule has 3 N–H and O–H groups in total. The lowest BCUT2D eigenvalue weighted by atomic mass is 10.3. The minimum Gasteiger partial charge on any atom is -0.374 e. The molecule has 5 heteroatoms. The monoisotopic (exact) mass is 148 g/mol. The van der Waals surface area contributed by atoms with Crippen LogP contribution in [0.15, 0.2) is 11.8 Å². The van der Waals surface area contributed by atoms with Crippen LogP contribution in [0.1, 0.15) is 0 Å². The van der Waals surface area contributed by atoms with Gasteiger partial charge in [-0.05, 0) is 0 Å². The minimum atomic E-state index is -2.93. The third kappa shape index (κ3) is 1.23. The molecule has 56 valence electrons. The zero-order chi connectivity index (χ0) is 7.78. The second kappa shape index (κ2) is 1.93. The van der Waals surface area contributed by atoms with Gasteiger partial charge in [0.05, 0.1) is 6.54 Å². The van der Waals surface area contributed by atoms with Crippen LogP contribution in [0.2, 0.25) is 0 Å². The summed E-state index contributed by atoms with van der Waals surface area (Å²) in [5.74, 6) is -3.78. The van der Waals surface area contributed by atoms with Crippen molar-refractivity contribution in [2.45, 2.75) is 5.92 Å². The Bertz CT molecular complexity index is 200. The molecule has 3 nitrogen and oxygen atoms in total. The van der Waals surface area contributed by atoms with Gasteiger partial charge >= 0.3 is 0 Å². The number of hydrogen-bond donors (Lipinski definition) is 2. The molecular weight excluding hydrogens is 142 g/mol. The van der Waals surface area contributed by atoms with Gasteiger partial charge in [0.25, 0.3) is 11.8 Å². The van der Waals surface area contributed by atoms with Gasteiger partial charge in [0.1, 0.15) is 5.70 Å². The van der Waals surface area contributed by atoms with Crippen molar-refractivity contribution in [1.82, 2.24) is 5.32 Å². The molecule has 0 saturated carbocycles. The molecule has 0 fully saturated rings. The van der Waals surface area contributed by atoms with Gasteiger partial charge in [-0.2, -0.15) is 8.78 Å². The summed E-state index contributed by atoms with van der Waals surface area (Å²) in [6, 6.07) is 0. The summed E-state index contributed by atoms with van der Waals surface area (Å²) in [4.78, 5) is 10.2. The van der Waals surface area contributed by atoms with E-state index in [1.807, 2.05) is 0 Å². The molecule has 0 unspecified atom stereocenters. The van der Waals surface area contributed by atoms with Crippen molar-refractivity contribution in [1.29, 1.82) is 0 Å². The molecular formula is C5H6F2N2O. The molecule has 0 atom stereocenters. The number of amides is 1. The van der Waals surface area contributed by atoms with Gasteiger partial charge in [0.15, 0.2) is 0 Å². The van der Waals surface area contributed by atoms with E-state index in [9.17, 15) is 13.6 Å². The Balaban J connectivity index is 2.76. The van der Waals surface area contributed by atoms with Crippen molar-refractivity contribution < 1.29 is 13.6 Å². The maximum absolute atomic E-state index is 12.2. The second-order valence-electron chi connectivity index (χ2n) is 2.04. The summed E-state index contributed by atoms with van der Waals surface area (Å²) in [5.41, 5.74) is 4.51. The van der Waals surface area contributed by atoms with Gasteiger partial charge < -0.3 is 11.1 Å². The maximum atomic E-state index is 12.2. The third-order valence-corrected chi connectivity index (χ3v) is 1.14. The second-order valence-corrected chi connectivity index (χ2v) is 2.04. The Kier molecular flexibility index (Phi) is 1.35. The Morgan fingerprint density at radius 2 is 2.40 bits per heavy atom. The molecule has 0 radical (unpaired) electrons. The normalized spacial score (nSPS) is 21.6. The van der Waals surface area contributed by atoms with E-state index in [4.69, 9.17) is 5.73 Å². The van der Waals surface area contributed by atoms with Gasteiger partial charge in [0.2, 0.25) is 0 Å². The Morgan fingerprint density at radius 3 is 2.60 bits per heavy atom. The molecule has 1 aliphatic rings. The Hall–Kier alpha value is -1.13. The highest BCUT2D eigenvalue weighted by molar-refractivity contribution is 5.92. The van der Waals surface area contributed by atoms with E-state index in [0.29, 0.717) is 6.08 Å². The first-order chi connectivity index (χ1) is 4.51. The van der Waals surface area contributed by atoms with Crippen LogP contribution in [0.5, 0.6) is 0 Å². The van der Waals surface area contributed by atoms with Crippen molar-refractivity contribution in [3.8, 4) is 0 Å². The average molecular weight is 148 g/mol. The molecule has 1 heterocycles. The quantitative estimate of drug-likeness (QED) is 0.531. The topological polar surface area (TPSA) is 55.1 Å². The summed E-state index contributed by atoms with van der Waals surface area (Å²) in [7, 11) is 0. The van der Waals surface area contributed by atoms with Crippen LogP contribution < -0.4 is 11.1 Å². The molecule has 0 spiro atoms. The van der Waals surface area contributed by atoms with Crippen LogP contribution in [0.4, 0.5) is 8.78 Å². The van der Waals surface area contributed by atoms with Crippen LogP contribution in [0, 0.1) is 0 Å². The minimum absolute atomic E-state index is 0.204. The molecule has 1 rings (SSSR count). The van der Waals surface area contributed by atoms with E-state index in [1.54, 1.807) is 0 Å². The van der Waals surface area contributed by atoms with Crippen molar-refractivity contribution >= 4 is 5.91 Å². The SMILES string of the molecule is NC(=O)C1=CC(F)(F)CN1. The first-order valence-electron chi connectivity index (χ1n) is 2.66. The van der Waals surface area contributed by atoms with E-state index in [0.717, 1.165) is 0 Å². The number of hydrogen-bond acceptors (Lipinski definition) is 2. The van der Waals surface area contributed by atoms with Crippen molar-refractivity contribution in [3.05, 3.63) is 11.8 Å². The highest BCUT2D eigenvalue weighted by atomic mass is 19.3. The lowest BCUT2D eigenvalue weighted by Gasteiger charge is -2.01. The largest absolute Gasteiger partial charge is 0.374 e. The summed E-state index contributed by atoms with van der Waals surface area (Å²) in [6.45, 7) is -0.536. The van der Waals surface area contributed by atoms with Gasteiger partial charge in [0, 0.05) is 6.08 Å². The predicted molar refractivity (Wildman–Crippen MR) is 30.2 cm³/mol. The lowest BCUT2D eigenvalue weighted by Crippen LogP contribution is -2.25. The van der Waals surface area contributed by atoms with Gasteiger partial charge in [-0.1, -0.05) is 0 Å². The van der Waals surface area contributed by atoms with E-state index >= 15 is 0 Å². The van der Waals surface area contributed by atoms with E-state index in [1.165, 1.54) is 0 Å². The van der Waals surface area contributed by atoms with Crippen molar-refractivity contribution in [2.75, 3.05) is 6.54 Å². The molecule has 0 aliphatic carbocycles. The van der Waals surface area contributed by atoms with E-state index in [-0.39, 0.29) is 5.70 Å². The van der Waals surface area contributed by atoms with Crippen molar-refractivity contribution in [3.63, 3.8) is 0 Å². The number of nitrogens with one attached hydrogen (secondary N) is 1. The fourth-order valence-corrected chi connectivity index (χ4v) is 0.685. The molecule has 1 amide bonds. The van der Waals surface area contributed by atoms with Crippen LogP contribution in [0.25, 0.3) is 0 Å². The van der Waals surface area contributed by atoms with Crippen LogP contribution in [0.3, 0.4) is 0 Å². The number of alkyl halides is 2. The highest BCUT2D eigenvalue weighted by Gasteiger charge is 2.33. The average Bonchev–Trinajstić information content (AvgIpc) is 2.10. The summed E-state index contributed by atoms with van der Waals surface area (Å²) < 4.78 is 24.4. The molecule has 1 aliphatic heterocycles. The number of primary amides is 1. The van der Waals surface area contributed by atoms with Gasteiger partial charge in [-0.3, -0.25) is 4.79 Å². The number of nitrogens with two attached hydrogens (primary N) is 1. The number of halogens is 2. The fraction of sp³-hybridized carbons (Fsp3) is 0.400. The lowest BCUT2D eigenvalue weighted by molar-refractivity contribution is -0.114. The number of carbonyl (C=O) groups excluding carboxylic acids is 1. The van der Waals surface area contributed by atoms with Crippen molar-refractivity contribution in [2.24, 2.45) is 5.73 Å². The zero-order valence-corrected chi connectivity index (χ0v) is 5.03. The summed E-state index contributed by atoms with van der Waals surface area (Å²) in [6.07, 6.45) is 0.537. The standard InChI is InChI=1S/C5H6F2N2O/c6-5(7)1-3(4(8)10)9-2-5/h1,9H,2H2,(H2,8,10). The van der Waals surface area contributed by atoms with Crippen LogP contribution in [-0.2, 0) is 4.79 Å². The first kappa shape index (κ1) is 6.98. The highest BCUT2D eigenvalue weighted by Crippen LogP contribution is 2.20. The molecule has 0 bridgehead atoms. The van der Waals surface area contributed by atoms with Gasteiger partial charge in [-0.15, -0.1) is 0 Å². The molecule has 0 saturated heterocycles. The zero-order valence-electron chi connectivity index (χ0n) is 5.03. The summed E-state index contributed by atoms with van der Waals surface area (Å²) >= 11 is 0. The molecule has 10 heavy (non-hydrogen) atoms. The maximum Gasteiger partial charge on any atom is 0.285 e. The number of carbonyl (C=O) groups is 1. The van der Waals surface area contributed by atoms with Gasteiger partial charge in [-0.25, -0.2) is 0 Å². The Labute approximate surface area is 55.9 Å².